The van der Waals surface area contributed by atoms with Gasteiger partial charge < -0.3 is 30.9 Å². The van der Waals surface area contributed by atoms with Crippen LogP contribution in [0.1, 0.15) is 55.1 Å². The molecule has 216 valence electrons. The summed E-state index contributed by atoms with van der Waals surface area (Å²) in [5, 5.41) is 25.4. The Morgan fingerprint density at radius 1 is 1.15 bits per heavy atom. The number of Topliss-reactive ketones (excluding diaryl/α,β-unsaturated/α-hetero) is 4. The number of carbonyl (C=O) groups excluding carboxylic acids is 6. The van der Waals surface area contributed by atoms with Crippen LogP contribution in [0.15, 0.2) is 6.07 Å². The summed E-state index contributed by atoms with van der Waals surface area (Å²) in [7, 11) is 3.52. The number of benzene rings is 1. The van der Waals surface area contributed by atoms with Crippen molar-refractivity contribution in [3.8, 4) is 5.75 Å². The lowest BCUT2D eigenvalue weighted by molar-refractivity contribution is -0.175. The fourth-order valence-corrected chi connectivity index (χ4v) is 6.28. The predicted octanol–water partition coefficient (Wildman–Crippen LogP) is -0.176. The average molecular weight is 558 g/mol. The van der Waals surface area contributed by atoms with Crippen molar-refractivity contribution in [1.82, 2.24) is 5.32 Å². The third kappa shape index (κ3) is 4.79. The average Bonchev–Trinajstić information content (AvgIpc) is 2.81. The number of phenolic OH excluding ortho intramolecular Hbond substituents is 1. The van der Waals surface area contributed by atoms with Gasteiger partial charge in [-0.15, -0.1) is 0 Å². The van der Waals surface area contributed by atoms with Crippen LogP contribution in [0.25, 0.3) is 0 Å². The number of nitrogens with one attached hydrogen (secondary N) is 1. The highest BCUT2D eigenvalue weighted by Gasteiger charge is 2.66. The number of ether oxygens (including phenoxy) is 1. The molecule has 1 aromatic carbocycles. The monoisotopic (exact) mass is 557 g/mol. The molecule has 0 saturated heterocycles. The smallest absolute Gasteiger partial charge is 0.320 e. The van der Waals surface area contributed by atoms with Crippen molar-refractivity contribution >= 4 is 40.7 Å². The fourth-order valence-electron chi connectivity index (χ4n) is 6.28. The Hall–Kier alpha value is -3.64. The SMILES string of the molecule is CN(C)c1cc(CNCC(=O)OC(C)(C)C)c(O)c2c1C[C@H]1C[C@H]3CC(=O)C(C(N)=O)C(=O)[C@@]3(O)C(=O)C1C2=O. The molecule has 0 heterocycles. The van der Waals surface area contributed by atoms with Crippen LogP contribution >= 0.6 is 0 Å². The first-order chi connectivity index (χ1) is 18.5. The molecule has 4 rings (SSSR count). The summed E-state index contributed by atoms with van der Waals surface area (Å²) >= 11 is 0. The first-order valence-electron chi connectivity index (χ1n) is 13.1. The summed E-state index contributed by atoms with van der Waals surface area (Å²) in [6.07, 6.45) is -0.188. The molecular weight excluding hydrogens is 522 g/mol. The second kappa shape index (κ2) is 10.1. The van der Waals surface area contributed by atoms with Crippen molar-refractivity contribution in [2.24, 2.45) is 29.4 Å². The molecule has 2 fully saturated rings. The Morgan fingerprint density at radius 2 is 1.80 bits per heavy atom. The predicted molar refractivity (Wildman–Crippen MR) is 140 cm³/mol. The number of ketones is 4. The number of fused-ring (bicyclic) bond motifs is 3. The van der Waals surface area contributed by atoms with E-state index < -0.39 is 69.9 Å². The number of primary amides is 1. The van der Waals surface area contributed by atoms with Crippen LogP contribution < -0.4 is 16.0 Å². The Morgan fingerprint density at radius 3 is 2.38 bits per heavy atom. The van der Waals surface area contributed by atoms with E-state index >= 15 is 0 Å². The minimum atomic E-state index is -2.70. The van der Waals surface area contributed by atoms with Gasteiger partial charge in [-0.05, 0) is 51.2 Å². The number of anilines is 1. The number of carbonyl (C=O) groups is 6. The van der Waals surface area contributed by atoms with Crippen molar-refractivity contribution in [2.75, 3.05) is 25.5 Å². The molecule has 0 spiro atoms. The largest absolute Gasteiger partial charge is 0.507 e. The first kappa shape index (κ1) is 29.3. The number of amides is 1. The van der Waals surface area contributed by atoms with Gasteiger partial charge in [0.2, 0.25) is 5.91 Å². The molecule has 12 heteroatoms. The van der Waals surface area contributed by atoms with Crippen LogP contribution in [0.2, 0.25) is 0 Å². The maximum atomic E-state index is 13.9. The third-order valence-corrected chi connectivity index (χ3v) is 7.94. The summed E-state index contributed by atoms with van der Waals surface area (Å²) in [6.45, 7) is 5.06. The van der Waals surface area contributed by atoms with Gasteiger partial charge in [0, 0.05) is 44.2 Å². The molecule has 12 nitrogen and oxygen atoms in total. The molecule has 2 saturated carbocycles. The minimum absolute atomic E-state index is 0.00141. The van der Waals surface area contributed by atoms with E-state index in [9.17, 15) is 39.0 Å². The quantitative estimate of drug-likeness (QED) is 0.268. The van der Waals surface area contributed by atoms with E-state index in [-0.39, 0.29) is 43.7 Å². The molecule has 3 aliphatic rings. The summed E-state index contributed by atoms with van der Waals surface area (Å²) in [6, 6.07) is 1.69. The Kier molecular flexibility index (Phi) is 7.39. The Labute approximate surface area is 231 Å². The van der Waals surface area contributed by atoms with Crippen LogP contribution in [0.3, 0.4) is 0 Å². The van der Waals surface area contributed by atoms with Gasteiger partial charge in [0.15, 0.2) is 34.7 Å². The molecule has 5 N–H and O–H groups in total. The topological polar surface area (TPSA) is 193 Å². The first-order valence-corrected chi connectivity index (χ1v) is 13.1. The van der Waals surface area contributed by atoms with Gasteiger partial charge in [-0.25, -0.2) is 0 Å². The third-order valence-electron chi connectivity index (χ3n) is 7.94. The van der Waals surface area contributed by atoms with Crippen LogP contribution in [0, 0.1) is 23.7 Å². The molecule has 1 amide bonds. The summed E-state index contributed by atoms with van der Waals surface area (Å²) in [5.74, 6) is -11.1. The summed E-state index contributed by atoms with van der Waals surface area (Å²) in [4.78, 5) is 78.8. The highest BCUT2D eigenvalue weighted by Crippen LogP contribution is 2.51. The van der Waals surface area contributed by atoms with E-state index in [4.69, 9.17) is 10.5 Å². The van der Waals surface area contributed by atoms with E-state index in [0.29, 0.717) is 16.8 Å². The van der Waals surface area contributed by atoms with Crippen LogP contribution in [-0.2, 0) is 41.7 Å². The van der Waals surface area contributed by atoms with Crippen molar-refractivity contribution < 1.29 is 43.7 Å². The number of rotatable bonds is 6. The molecular formula is C28H35N3O9. The van der Waals surface area contributed by atoms with Gasteiger partial charge in [-0.1, -0.05) is 0 Å². The number of hydrogen-bond acceptors (Lipinski definition) is 11. The summed E-state index contributed by atoms with van der Waals surface area (Å²) < 4.78 is 5.27. The second-order valence-electron chi connectivity index (χ2n) is 12.1. The second-order valence-corrected chi connectivity index (χ2v) is 12.1. The lowest BCUT2D eigenvalue weighted by atomic mass is 9.53. The van der Waals surface area contributed by atoms with E-state index in [1.807, 2.05) is 0 Å². The maximum absolute atomic E-state index is 13.9. The molecule has 40 heavy (non-hydrogen) atoms. The molecule has 0 aromatic heterocycles. The van der Waals surface area contributed by atoms with E-state index in [0.717, 1.165) is 0 Å². The standard InChI is InChI=1S/C28H35N3O9/c1-27(2,3)40-18(33)11-30-10-13-8-16(31(4)5)15-7-12-6-14-9-17(32)21(26(29)38)25(37)28(14,39)24(36)19(12)23(35)20(15)22(13)34/h8,12,14,19,21,30,34,39H,6-7,9-11H2,1-5H3,(H2,29,38)/t12-,14+,19?,21?,28+/m1/s1. The number of aromatic hydroxyl groups is 1. The van der Waals surface area contributed by atoms with Crippen LogP contribution in [-0.4, -0.2) is 77.1 Å². The maximum Gasteiger partial charge on any atom is 0.320 e. The highest BCUT2D eigenvalue weighted by molar-refractivity contribution is 6.31. The molecule has 0 aliphatic heterocycles. The highest BCUT2D eigenvalue weighted by atomic mass is 16.6. The zero-order chi connectivity index (χ0) is 29.9. The Balaban J connectivity index is 1.70. The normalized spacial score (nSPS) is 27.9. The number of aliphatic hydroxyl groups is 1. The minimum Gasteiger partial charge on any atom is -0.507 e. The van der Waals surface area contributed by atoms with Gasteiger partial charge in [-0.3, -0.25) is 28.8 Å². The molecule has 3 aliphatic carbocycles. The summed E-state index contributed by atoms with van der Waals surface area (Å²) in [5.41, 5.74) is 3.18. The lowest BCUT2D eigenvalue weighted by Gasteiger charge is -2.48. The lowest BCUT2D eigenvalue weighted by Crippen LogP contribution is -2.68. The van der Waals surface area contributed by atoms with E-state index in [1.54, 1.807) is 45.8 Å². The number of nitrogens with two attached hydrogens (primary N) is 1. The molecule has 1 aromatic rings. The molecule has 0 radical (unpaired) electrons. The van der Waals surface area contributed by atoms with Crippen molar-refractivity contribution in [2.45, 2.75) is 57.8 Å². The van der Waals surface area contributed by atoms with Gasteiger partial charge in [-0.2, -0.15) is 0 Å². The molecule has 2 unspecified atom stereocenters. The number of nitrogens with zero attached hydrogens (tertiary/aromatic N) is 1. The fraction of sp³-hybridized carbons (Fsp3) is 0.571. The number of esters is 1. The van der Waals surface area contributed by atoms with Crippen LogP contribution in [0.4, 0.5) is 5.69 Å². The van der Waals surface area contributed by atoms with E-state index in [1.165, 1.54) is 0 Å². The van der Waals surface area contributed by atoms with Crippen LogP contribution in [0.5, 0.6) is 5.75 Å². The number of phenols is 1. The van der Waals surface area contributed by atoms with Gasteiger partial charge in [0.25, 0.3) is 0 Å². The van der Waals surface area contributed by atoms with Gasteiger partial charge >= 0.3 is 5.97 Å². The van der Waals surface area contributed by atoms with Crippen molar-refractivity contribution in [3.63, 3.8) is 0 Å². The zero-order valence-corrected chi connectivity index (χ0v) is 23.2. The molecule has 5 atom stereocenters. The van der Waals surface area contributed by atoms with Crippen molar-refractivity contribution in [3.05, 3.63) is 22.8 Å². The van der Waals surface area contributed by atoms with Crippen molar-refractivity contribution in [1.29, 1.82) is 0 Å². The Bertz CT molecular complexity index is 1330. The van der Waals surface area contributed by atoms with E-state index in [2.05, 4.69) is 5.32 Å². The van der Waals surface area contributed by atoms with Gasteiger partial charge in [0.05, 0.1) is 18.0 Å². The zero-order valence-electron chi connectivity index (χ0n) is 23.2. The van der Waals surface area contributed by atoms with Gasteiger partial charge in [0.1, 0.15) is 11.4 Å². The number of hydrogen-bond donors (Lipinski definition) is 4. The molecule has 0 bridgehead atoms.